The third-order valence-electron chi connectivity index (χ3n) is 10.2. The zero-order valence-corrected chi connectivity index (χ0v) is 33.6. The van der Waals surface area contributed by atoms with Crippen molar-refractivity contribution in [3.05, 3.63) is 102 Å². The second-order valence-electron chi connectivity index (χ2n) is 16.7. The third-order valence-corrected chi connectivity index (χ3v) is 16.8. The minimum absolute atomic E-state index is 0.0113. The average Bonchev–Trinajstić information content (AvgIpc) is 3.71. The minimum atomic E-state index is -3.52. The van der Waals surface area contributed by atoms with Crippen molar-refractivity contribution < 1.29 is 22.4 Å². The van der Waals surface area contributed by atoms with Gasteiger partial charge in [0.2, 0.25) is 0 Å². The van der Waals surface area contributed by atoms with Crippen molar-refractivity contribution in [2.24, 2.45) is 0 Å². The molecular formula is C41H54N4O5SSi. The predicted octanol–water partition coefficient (Wildman–Crippen LogP) is 7.70. The van der Waals surface area contributed by atoms with Crippen molar-refractivity contribution in [3.8, 4) is 0 Å². The maximum Gasteiger partial charge on any atom is 0.407 e. The fourth-order valence-corrected chi connectivity index (χ4v) is 14.2. The molecule has 1 unspecified atom stereocenters. The molecule has 3 atom stereocenters. The van der Waals surface area contributed by atoms with Crippen LogP contribution < -0.4 is 21.0 Å². The van der Waals surface area contributed by atoms with Crippen LogP contribution in [0.5, 0.6) is 0 Å². The van der Waals surface area contributed by atoms with Crippen molar-refractivity contribution in [1.82, 2.24) is 15.1 Å². The van der Waals surface area contributed by atoms with Gasteiger partial charge in [-0.1, -0.05) is 93.6 Å². The van der Waals surface area contributed by atoms with Gasteiger partial charge in [0.05, 0.1) is 28.8 Å². The molecule has 1 aliphatic heterocycles. The van der Waals surface area contributed by atoms with Crippen LogP contribution in [0.25, 0.3) is 0 Å². The second-order valence-corrected chi connectivity index (χ2v) is 23.1. The first-order valence-corrected chi connectivity index (χ1v) is 22.2. The number of ether oxygens (including phenoxy) is 1. The number of aromatic nitrogens is 2. The van der Waals surface area contributed by atoms with E-state index >= 15 is 0 Å². The zero-order chi connectivity index (χ0) is 37.5. The molecular weight excluding hydrogens is 689 g/mol. The van der Waals surface area contributed by atoms with Gasteiger partial charge in [0.15, 0.2) is 9.84 Å². The number of amides is 1. The lowest BCUT2D eigenvalue weighted by atomic mass is 10.0. The molecule has 6 rings (SSSR count). The molecule has 9 nitrogen and oxygen atoms in total. The summed E-state index contributed by atoms with van der Waals surface area (Å²) in [5, 5.41) is 13.4. The molecule has 1 aliphatic carbocycles. The van der Waals surface area contributed by atoms with Gasteiger partial charge < -0.3 is 19.8 Å². The number of fused-ring (bicyclic) bond motifs is 1. The summed E-state index contributed by atoms with van der Waals surface area (Å²) in [6.45, 7) is 16.8. The van der Waals surface area contributed by atoms with Gasteiger partial charge >= 0.3 is 6.09 Å². The van der Waals surface area contributed by atoms with Gasteiger partial charge in [0.25, 0.3) is 8.32 Å². The smallest absolute Gasteiger partial charge is 0.407 e. The molecule has 0 bridgehead atoms. The van der Waals surface area contributed by atoms with E-state index in [-0.39, 0.29) is 46.2 Å². The summed E-state index contributed by atoms with van der Waals surface area (Å²) in [5.74, 6) is 0.751. The van der Waals surface area contributed by atoms with Crippen LogP contribution >= 0.6 is 0 Å². The van der Waals surface area contributed by atoms with Crippen LogP contribution in [0.3, 0.4) is 0 Å². The molecule has 3 aromatic carbocycles. The fraction of sp³-hybridized carbons (Fsp3) is 0.463. The summed E-state index contributed by atoms with van der Waals surface area (Å²) < 4.78 is 42.9. The lowest BCUT2D eigenvalue weighted by Crippen LogP contribution is -2.67. The van der Waals surface area contributed by atoms with E-state index in [2.05, 4.69) is 82.5 Å². The molecule has 278 valence electrons. The average molecular weight is 743 g/mol. The molecule has 0 saturated heterocycles. The fourth-order valence-electron chi connectivity index (χ4n) is 7.86. The number of nitrogens with zero attached hydrogens (tertiary/aromatic N) is 2. The Labute approximate surface area is 310 Å². The number of hydrogen-bond donors (Lipinski definition) is 2. The van der Waals surface area contributed by atoms with Crippen molar-refractivity contribution in [3.63, 3.8) is 0 Å². The Morgan fingerprint density at radius 1 is 0.904 bits per heavy atom. The maximum atomic E-state index is 13.9. The van der Waals surface area contributed by atoms with Gasteiger partial charge in [-0.05, 0) is 86.5 Å². The van der Waals surface area contributed by atoms with E-state index in [4.69, 9.17) is 14.3 Å². The maximum absolute atomic E-state index is 13.9. The van der Waals surface area contributed by atoms with Crippen LogP contribution in [0, 0.1) is 0 Å². The molecule has 2 aliphatic rings. The molecule has 4 aromatic rings. The monoisotopic (exact) mass is 742 g/mol. The van der Waals surface area contributed by atoms with E-state index in [1.54, 1.807) is 0 Å². The molecule has 0 spiro atoms. The van der Waals surface area contributed by atoms with Crippen LogP contribution in [0.2, 0.25) is 5.04 Å². The number of benzene rings is 3. The summed E-state index contributed by atoms with van der Waals surface area (Å²) in [6, 6.07) is 28.7. The van der Waals surface area contributed by atoms with Gasteiger partial charge in [0.1, 0.15) is 11.9 Å². The van der Waals surface area contributed by atoms with Crippen LogP contribution in [0.15, 0.2) is 84.9 Å². The minimum Gasteiger partial charge on any atom is -0.446 e. The highest BCUT2D eigenvalue weighted by molar-refractivity contribution is 7.90. The second kappa shape index (κ2) is 14.5. The van der Waals surface area contributed by atoms with E-state index in [1.807, 2.05) is 73.1 Å². The Hall–Kier alpha value is -3.93. The number of anilines is 2. The van der Waals surface area contributed by atoms with Gasteiger partial charge in [-0.15, -0.1) is 0 Å². The first kappa shape index (κ1) is 37.8. The summed E-state index contributed by atoms with van der Waals surface area (Å²) in [5.41, 5.74) is 2.92. The third kappa shape index (κ3) is 7.87. The van der Waals surface area contributed by atoms with Crippen molar-refractivity contribution in [2.75, 3.05) is 11.1 Å². The standard InChI is InChI=1S/C41H54N4O5SSi/c1-28(2)42-39(46)49-30-23-22-29(24-30)36-25-38(45(44-36)40(3,4)5)43-35-21-15-20-33-34(35)26-51(47,48)27-37(33)50-52(41(6,7)8,31-16-11-9-12-17-31)32-18-13-10-14-19-32/h9-21,25,28-30,37,43H,22-24,26-27H2,1-8H3,(H,42,46)/t29-,30+,37?/m0/s1. The summed E-state index contributed by atoms with van der Waals surface area (Å²) >= 11 is 0. The van der Waals surface area contributed by atoms with Crippen LogP contribution in [-0.4, -0.2) is 50.5 Å². The normalized spacial score (nSPS) is 20.4. The molecule has 1 amide bonds. The van der Waals surface area contributed by atoms with Gasteiger partial charge in [-0.25, -0.2) is 17.9 Å². The molecule has 1 fully saturated rings. The Balaban J connectivity index is 1.37. The zero-order valence-electron chi connectivity index (χ0n) is 31.8. The van der Waals surface area contributed by atoms with E-state index in [9.17, 15) is 13.2 Å². The molecule has 2 N–H and O–H groups in total. The SMILES string of the molecule is CC(C)NC(=O)O[C@@H]1CC[C@H](c2cc(Nc3cccc4c3CS(=O)(=O)CC4O[Si](c3ccccc3)(c3ccccc3)C(C)(C)C)n(C(C)(C)C)n2)C1. The quantitative estimate of drug-likeness (QED) is 0.169. The Kier molecular flexibility index (Phi) is 10.5. The molecule has 1 saturated carbocycles. The topological polar surface area (TPSA) is 112 Å². The Bertz CT molecular complexity index is 1950. The largest absolute Gasteiger partial charge is 0.446 e. The summed E-state index contributed by atoms with van der Waals surface area (Å²) in [4.78, 5) is 12.3. The number of carbonyl (C=O) groups excluding carboxylic acids is 1. The molecule has 11 heteroatoms. The van der Waals surface area contributed by atoms with Crippen LogP contribution in [0.4, 0.5) is 16.3 Å². The Morgan fingerprint density at radius 2 is 1.54 bits per heavy atom. The Morgan fingerprint density at radius 3 is 2.12 bits per heavy atom. The van der Waals surface area contributed by atoms with Gasteiger partial charge in [-0.2, -0.15) is 5.10 Å². The van der Waals surface area contributed by atoms with Crippen molar-refractivity contribution in [2.45, 2.75) is 115 Å². The van der Waals surface area contributed by atoms with E-state index in [1.165, 1.54) is 0 Å². The highest BCUT2D eigenvalue weighted by Gasteiger charge is 2.52. The highest BCUT2D eigenvalue weighted by Crippen LogP contribution is 2.44. The number of nitrogens with one attached hydrogen (secondary N) is 2. The first-order valence-electron chi connectivity index (χ1n) is 18.4. The number of sulfone groups is 1. The number of rotatable bonds is 9. The lowest BCUT2D eigenvalue weighted by molar-refractivity contribution is 0.0981. The van der Waals surface area contributed by atoms with Crippen molar-refractivity contribution in [1.29, 1.82) is 0 Å². The predicted molar refractivity (Wildman–Crippen MR) is 211 cm³/mol. The molecule has 0 radical (unpaired) electrons. The van der Waals surface area contributed by atoms with Gasteiger partial charge in [0, 0.05) is 23.7 Å². The number of alkyl carbamates (subject to hydrolysis) is 1. The van der Waals surface area contributed by atoms with Crippen LogP contribution in [-0.2, 0) is 30.3 Å². The first-order chi connectivity index (χ1) is 24.5. The molecule has 52 heavy (non-hydrogen) atoms. The number of hydrogen-bond acceptors (Lipinski definition) is 7. The van der Waals surface area contributed by atoms with Crippen molar-refractivity contribution >= 4 is 46.1 Å². The summed E-state index contributed by atoms with van der Waals surface area (Å²) in [7, 11) is -6.59. The van der Waals surface area contributed by atoms with Crippen LogP contribution in [0.1, 0.15) is 103 Å². The van der Waals surface area contributed by atoms with E-state index < -0.39 is 24.3 Å². The van der Waals surface area contributed by atoms with Gasteiger partial charge in [-0.3, -0.25) is 0 Å². The lowest BCUT2D eigenvalue weighted by Gasteiger charge is -2.46. The molecule has 1 aromatic heterocycles. The number of carbonyl (C=O) groups is 1. The molecule has 2 heterocycles. The van der Waals surface area contributed by atoms with E-state index in [0.717, 1.165) is 51.5 Å². The van der Waals surface area contributed by atoms with E-state index in [0.29, 0.717) is 6.42 Å². The highest BCUT2D eigenvalue weighted by atomic mass is 32.2. The summed E-state index contributed by atoms with van der Waals surface area (Å²) in [6.07, 6.45) is 1.13.